The van der Waals surface area contributed by atoms with E-state index >= 15 is 0 Å². The van der Waals surface area contributed by atoms with Gasteiger partial charge in [0.2, 0.25) is 0 Å². The summed E-state index contributed by atoms with van der Waals surface area (Å²) in [5.41, 5.74) is 1.26. The van der Waals surface area contributed by atoms with Crippen LogP contribution in [-0.4, -0.2) is 28.8 Å². The molecule has 0 aliphatic heterocycles. The Hall–Kier alpha value is -2.29. The third kappa shape index (κ3) is 3.94. The highest BCUT2D eigenvalue weighted by atomic mass is 32.1. The van der Waals surface area contributed by atoms with Crippen LogP contribution in [0.2, 0.25) is 0 Å². The highest BCUT2D eigenvalue weighted by Gasteiger charge is 2.34. The molecule has 0 aromatic carbocycles. The smallest absolute Gasteiger partial charge is 0.341 e. The van der Waals surface area contributed by atoms with Crippen molar-refractivity contribution in [1.29, 1.82) is 0 Å². The number of hydrogen-bond acceptors (Lipinski definition) is 5. The maximum atomic E-state index is 12.7. The van der Waals surface area contributed by atoms with Crippen molar-refractivity contribution in [2.45, 2.75) is 46.6 Å². The van der Waals surface area contributed by atoms with Crippen LogP contribution in [0.1, 0.15) is 65.0 Å². The van der Waals surface area contributed by atoms with Crippen molar-refractivity contribution in [2.24, 2.45) is 11.3 Å². The summed E-state index contributed by atoms with van der Waals surface area (Å²) >= 11 is 1.35. The standard InChI is InChI=1S/C19H23F2N3O3S/c1-19(2,3)10-5-6-11-13(9-10)28-16(14(11)17(26)27-4)22-15(25)12-7-8-24(23-12)18(20)21/h7-8,10,18H,5-6,9H2,1-4H3,(H,22,25)/t10-/m1/s1. The molecule has 6 nitrogen and oxygen atoms in total. The minimum atomic E-state index is -2.82. The van der Waals surface area contributed by atoms with Gasteiger partial charge >= 0.3 is 12.5 Å². The van der Waals surface area contributed by atoms with Gasteiger partial charge in [0.1, 0.15) is 5.00 Å². The number of hydrogen-bond donors (Lipinski definition) is 1. The number of rotatable bonds is 4. The molecule has 152 valence electrons. The number of esters is 1. The molecule has 9 heteroatoms. The van der Waals surface area contributed by atoms with Gasteiger partial charge in [-0.15, -0.1) is 11.3 Å². The average Bonchev–Trinajstić information content (AvgIpc) is 3.24. The molecule has 1 atom stereocenters. The van der Waals surface area contributed by atoms with Gasteiger partial charge in [-0.2, -0.15) is 13.9 Å². The summed E-state index contributed by atoms with van der Waals surface area (Å²) in [6.07, 6.45) is 3.54. The largest absolute Gasteiger partial charge is 0.465 e. The molecule has 1 aliphatic carbocycles. The molecule has 28 heavy (non-hydrogen) atoms. The Labute approximate surface area is 165 Å². The van der Waals surface area contributed by atoms with Gasteiger partial charge in [-0.1, -0.05) is 20.8 Å². The Morgan fingerprint density at radius 3 is 2.68 bits per heavy atom. The molecule has 0 radical (unpaired) electrons. The number of halogens is 2. The highest BCUT2D eigenvalue weighted by Crippen LogP contribution is 2.44. The lowest BCUT2D eigenvalue weighted by Crippen LogP contribution is -2.26. The maximum Gasteiger partial charge on any atom is 0.341 e. The third-order valence-corrected chi connectivity index (χ3v) is 6.32. The van der Waals surface area contributed by atoms with Crippen molar-refractivity contribution in [3.05, 3.63) is 34.0 Å². The van der Waals surface area contributed by atoms with Gasteiger partial charge in [0, 0.05) is 11.1 Å². The maximum absolute atomic E-state index is 12.7. The molecule has 2 heterocycles. The van der Waals surface area contributed by atoms with E-state index in [1.54, 1.807) is 0 Å². The van der Waals surface area contributed by atoms with Crippen LogP contribution in [0.25, 0.3) is 0 Å². The molecule has 1 aliphatic rings. The first kappa shape index (κ1) is 20.4. The zero-order chi connectivity index (χ0) is 20.6. The highest BCUT2D eigenvalue weighted by molar-refractivity contribution is 7.17. The normalized spacial score (nSPS) is 16.8. The summed E-state index contributed by atoms with van der Waals surface area (Å²) in [4.78, 5) is 25.9. The minimum absolute atomic E-state index is 0.138. The van der Waals surface area contributed by atoms with Crippen LogP contribution < -0.4 is 5.32 Å². The lowest BCUT2D eigenvalue weighted by molar-refractivity contribution is 0.0560. The van der Waals surface area contributed by atoms with E-state index in [4.69, 9.17) is 4.74 Å². The Balaban J connectivity index is 1.91. The number of ether oxygens (including phenoxy) is 1. The van der Waals surface area contributed by atoms with Crippen LogP contribution in [-0.2, 0) is 17.6 Å². The van der Waals surface area contributed by atoms with Crippen LogP contribution in [0.5, 0.6) is 0 Å². The fourth-order valence-corrected chi connectivity index (χ4v) is 4.78. The molecule has 3 rings (SSSR count). The van der Waals surface area contributed by atoms with E-state index in [-0.39, 0.29) is 11.1 Å². The van der Waals surface area contributed by atoms with Gasteiger partial charge in [-0.05, 0) is 42.2 Å². The molecule has 0 unspecified atom stereocenters. The topological polar surface area (TPSA) is 73.2 Å². The van der Waals surface area contributed by atoms with E-state index < -0.39 is 18.4 Å². The first-order valence-electron chi connectivity index (χ1n) is 8.99. The molecule has 0 saturated carbocycles. The number of nitrogens with zero attached hydrogens (tertiary/aromatic N) is 2. The second kappa shape index (κ2) is 7.62. The minimum Gasteiger partial charge on any atom is -0.465 e. The Morgan fingerprint density at radius 2 is 2.11 bits per heavy atom. The summed E-state index contributed by atoms with van der Waals surface area (Å²) in [6.45, 7) is 3.76. The predicted molar refractivity (Wildman–Crippen MR) is 102 cm³/mol. The quantitative estimate of drug-likeness (QED) is 0.751. The van der Waals surface area contributed by atoms with Crippen molar-refractivity contribution in [3.8, 4) is 0 Å². The van der Waals surface area contributed by atoms with E-state index in [2.05, 4.69) is 31.2 Å². The number of nitrogens with one attached hydrogen (secondary N) is 1. The van der Waals surface area contributed by atoms with Crippen LogP contribution in [0.15, 0.2) is 12.3 Å². The van der Waals surface area contributed by atoms with Gasteiger partial charge in [-0.3, -0.25) is 4.79 Å². The second-order valence-corrected chi connectivity index (χ2v) is 9.02. The Morgan fingerprint density at radius 1 is 1.39 bits per heavy atom. The molecule has 1 amide bonds. The van der Waals surface area contributed by atoms with E-state index in [9.17, 15) is 18.4 Å². The van der Waals surface area contributed by atoms with Crippen molar-refractivity contribution in [1.82, 2.24) is 9.78 Å². The fraction of sp³-hybridized carbons (Fsp3) is 0.526. The first-order valence-corrected chi connectivity index (χ1v) is 9.81. The molecule has 0 spiro atoms. The second-order valence-electron chi connectivity index (χ2n) is 7.92. The van der Waals surface area contributed by atoms with Gasteiger partial charge in [0.05, 0.1) is 12.7 Å². The van der Waals surface area contributed by atoms with Gasteiger partial charge in [-0.25, -0.2) is 9.48 Å². The first-order chi connectivity index (χ1) is 13.1. The molecule has 2 aromatic rings. The lowest BCUT2D eigenvalue weighted by Gasteiger charge is -2.33. The molecular weight excluding hydrogens is 388 g/mol. The summed E-state index contributed by atoms with van der Waals surface area (Å²) in [7, 11) is 1.29. The molecule has 2 aromatic heterocycles. The Kier molecular flexibility index (Phi) is 5.56. The van der Waals surface area contributed by atoms with Crippen molar-refractivity contribution >= 4 is 28.2 Å². The average molecular weight is 411 g/mol. The number of anilines is 1. The number of aromatic nitrogens is 2. The van der Waals surface area contributed by atoms with Gasteiger partial charge in [0.15, 0.2) is 5.69 Å². The number of alkyl halides is 2. The lowest BCUT2D eigenvalue weighted by atomic mass is 9.72. The number of fused-ring (bicyclic) bond motifs is 1. The summed E-state index contributed by atoms with van der Waals surface area (Å²) in [5, 5.41) is 6.61. The zero-order valence-electron chi connectivity index (χ0n) is 16.2. The Bertz CT molecular complexity index is 899. The van der Waals surface area contributed by atoms with Crippen LogP contribution in [0, 0.1) is 11.3 Å². The number of thiophene rings is 1. The van der Waals surface area contributed by atoms with Crippen LogP contribution >= 0.6 is 11.3 Å². The van der Waals surface area contributed by atoms with E-state index in [0.29, 0.717) is 21.2 Å². The SMILES string of the molecule is COC(=O)c1c(NC(=O)c2ccn(C(F)F)n2)sc2c1CC[C@@H](C(C)(C)C)C2. The van der Waals surface area contributed by atoms with E-state index in [0.717, 1.165) is 35.9 Å². The number of carbonyl (C=O) groups excluding carboxylic acids is 2. The number of methoxy groups -OCH3 is 1. The van der Waals surface area contributed by atoms with Gasteiger partial charge < -0.3 is 10.1 Å². The summed E-state index contributed by atoms with van der Waals surface area (Å²) < 4.78 is 30.7. The third-order valence-electron chi connectivity index (χ3n) is 5.15. The van der Waals surface area contributed by atoms with Crippen LogP contribution in [0.4, 0.5) is 13.8 Å². The predicted octanol–water partition coefficient (Wildman–Crippen LogP) is 4.53. The van der Waals surface area contributed by atoms with Gasteiger partial charge in [0.25, 0.3) is 5.91 Å². The molecule has 0 fully saturated rings. The number of carbonyl (C=O) groups is 2. The monoisotopic (exact) mass is 411 g/mol. The molecular formula is C19H23F2N3O3S. The van der Waals surface area contributed by atoms with E-state index in [1.807, 2.05) is 0 Å². The fourth-order valence-electron chi connectivity index (χ4n) is 3.47. The molecule has 0 saturated heterocycles. The zero-order valence-corrected chi connectivity index (χ0v) is 17.0. The van der Waals surface area contributed by atoms with E-state index in [1.165, 1.54) is 24.5 Å². The molecule has 0 bridgehead atoms. The number of amides is 1. The summed E-state index contributed by atoms with van der Waals surface area (Å²) in [6, 6.07) is 1.21. The van der Waals surface area contributed by atoms with Crippen molar-refractivity contribution in [2.75, 3.05) is 12.4 Å². The summed E-state index contributed by atoms with van der Waals surface area (Å²) in [5.74, 6) is -0.690. The van der Waals surface area contributed by atoms with Crippen molar-refractivity contribution < 1.29 is 23.1 Å². The van der Waals surface area contributed by atoms with Crippen LogP contribution in [0.3, 0.4) is 0 Å². The van der Waals surface area contributed by atoms with Crippen molar-refractivity contribution in [3.63, 3.8) is 0 Å². The molecule has 1 N–H and O–H groups in total.